The molecule has 2 aromatic carbocycles. The highest BCUT2D eigenvalue weighted by atomic mass is 15.1. The van der Waals surface area contributed by atoms with Gasteiger partial charge in [-0.2, -0.15) is 0 Å². The number of imidazole rings is 1. The Morgan fingerprint density at radius 2 is 1.46 bits per heavy atom. The van der Waals surface area contributed by atoms with E-state index < -0.39 is 0 Å². The van der Waals surface area contributed by atoms with Crippen LogP contribution in [0.15, 0.2) is 91.1 Å². The normalized spacial score (nSPS) is 11.0. The van der Waals surface area contributed by atoms with Gasteiger partial charge in [0.25, 0.3) is 0 Å². The monoisotopic (exact) mass is 363 g/mol. The highest BCUT2D eigenvalue weighted by molar-refractivity contribution is 5.84. The lowest BCUT2D eigenvalue weighted by Gasteiger charge is -2.10. The average Bonchev–Trinajstić information content (AvgIpc) is 3.14. The summed E-state index contributed by atoms with van der Waals surface area (Å²) in [4.78, 5) is 14.0. The second-order valence-corrected chi connectivity index (χ2v) is 6.45. The van der Waals surface area contributed by atoms with Crippen LogP contribution in [0.4, 0.5) is 5.82 Å². The lowest BCUT2D eigenvalue weighted by atomic mass is 10.1. The number of nitrogens with two attached hydrogens (primary N) is 1. The Morgan fingerprint density at radius 3 is 2.21 bits per heavy atom. The molecule has 0 unspecified atom stereocenters. The van der Waals surface area contributed by atoms with Gasteiger partial charge in [-0.15, -0.1) is 0 Å². The first kappa shape index (κ1) is 16.2. The number of anilines is 1. The molecular formula is C23H17N5. The van der Waals surface area contributed by atoms with Crippen molar-refractivity contribution in [1.82, 2.24) is 19.5 Å². The minimum Gasteiger partial charge on any atom is -0.383 e. The van der Waals surface area contributed by atoms with E-state index in [9.17, 15) is 0 Å². The molecule has 0 atom stereocenters. The van der Waals surface area contributed by atoms with Crippen molar-refractivity contribution in [3.05, 3.63) is 91.1 Å². The van der Waals surface area contributed by atoms with E-state index in [0.29, 0.717) is 5.82 Å². The van der Waals surface area contributed by atoms with Crippen LogP contribution in [0.5, 0.6) is 0 Å². The predicted molar refractivity (Wildman–Crippen MR) is 112 cm³/mol. The average molecular weight is 363 g/mol. The molecule has 0 bridgehead atoms. The Balaban J connectivity index is 1.82. The van der Waals surface area contributed by atoms with Gasteiger partial charge in [-0.25, -0.2) is 15.0 Å². The number of hydrogen-bond donors (Lipinski definition) is 1. The van der Waals surface area contributed by atoms with Crippen LogP contribution in [0.1, 0.15) is 0 Å². The highest BCUT2D eigenvalue weighted by Crippen LogP contribution is 2.31. The zero-order valence-corrected chi connectivity index (χ0v) is 15.0. The molecule has 0 aliphatic heterocycles. The van der Waals surface area contributed by atoms with Gasteiger partial charge in [-0.1, -0.05) is 48.5 Å². The SMILES string of the molecule is Nc1ncccc1-c1nc2ccc(-c3ccccc3)nc2n1-c1ccccc1. The third-order valence-electron chi connectivity index (χ3n) is 4.67. The molecule has 3 aromatic heterocycles. The molecular weight excluding hydrogens is 346 g/mol. The number of aromatic nitrogens is 4. The van der Waals surface area contributed by atoms with Crippen molar-refractivity contribution >= 4 is 17.0 Å². The minimum absolute atomic E-state index is 0.443. The molecule has 0 aliphatic rings. The molecule has 0 aliphatic carbocycles. The topological polar surface area (TPSA) is 69.6 Å². The molecule has 0 amide bonds. The zero-order chi connectivity index (χ0) is 18.9. The van der Waals surface area contributed by atoms with Crippen LogP contribution in [0.2, 0.25) is 0 Å². The van der Waals surface area contributed by atoms with Crippen LogP contribution in [0.3, 0.4) is 0 Å². The molecule has 5 aromatic rings. The Hall–Kier alpha value is -3.99. The molecule has 2 N–H and O–H groups in total. The van der Waals surface area contributed by atoms with Crippen molar-refractivity contribution in [1.29, 1.82) is 0 Å². The number of benzene rings is 2. The van der Waals surface area contributed by atoms with Crippen LogP contribution in [0, 0.1) is 0 Å². The summed E-state index contributed by atoms with van der Waals surface area (Å²) < 4.78 is 2.04. The fourth-order valence-corrected chi connectivity index (χ4v) is 3.34. The van der Waals surface area contributed by atoms with Gasteiger partial charge in [0.15, 0.2) is 11.5 Å². The van der Waals surface area contributed by atoms with Crippen LogP contribution >= 0.6 is 0 Å². The molecule has 28 heavy (non-hydrogen) atoms. The second kappa shape index (κ2) is 6.63. The minimum atomic E-state index is 0.443. The number of nitrogens with zero attached hydrogens (tertiary/aromatic N) is 4. The van der Waals surface area contributed by atoms with Gasteiger partial charge in [-0.3, -0.25) is 4.57 Å². The highest BCUT2D eigenvalue weighted by Gasteiger charge is 2.18. The summed E-state index contributed by atoms with van der Waals surface area (Å²) in [5, 5.41) is 0. The van der Waals surface area contributed by atoms with Gasteiger partial charge >= 0.3 is 0 Å². The van der Waals surface area contributed by atoms with Crippen molar-refractivity contribution in [2.75, 3.05) is 5.73 Å². The van der Waals surface area contributed by atoms with Crippen LogP contribution in [-0.2, 0) is 0 Å². The van der Waals surface area contributed by atoms with E-state index in [1.165, 1.54) is 0 Å². The van der Waals surface area contributed by atoms with Gasteiger partial charge < -0.3 is 5.73 Å². The third-order valence-corrected chi connectivity index (χ3v) is 4.67. The molecule has 0 radical (unpaired) electrons. The molecule has 0 spiro atoms. The van der Waals surface area contributed by atoms with E-state index in [1.807, 2.05) is 77.4 Å². The molecule has 3 heterocycles. The first-order valence-corrected chi connectivity index (χ1v) is 9.02. The van der Waals surface area contributed by atoms with Gasteiger partial charge in [0.05, 0.1) is 11.3 Å². The Kier molecular flexibility index (Phi) is 3.84. The predicted octanol–water partition coefficient (Wildman–Crippen LogP) is 4.73. The molecule has 5 heteroatoms. The number of fused-ring (bicyclic) bond motifs is 1. The first-order chi connectivity index (χ1) is 13.8. The van der Waals surface area contributed by atoms with E-state index in [4.69, 9.17) is 15.7 Å². The number of nitrogen functional groups attached to an aromatic ring is 1. The van der Waals surface area contributed by atoms with E-state index in [-0.39, 0.29) is 0 Å². The molecule has 134 valence electrons. The van der Waals surface area contributed by atoms with Crippen LogP contribution in [0.25, 0.3) is 39.5 Å². The Morgan fingerprint density at radius 1 is 0.714 bits per heavy atom. The maximum absolute atomic E-state index is 6.16. The maximum atomic E-state index is 6.16. The third kappa shape index (κ3) is 2.70. The largest absolute Gasteiger partial charge is 0.383 e. The molecule has 0 fully saturated rings. The Bertz CT molecular complexity index is 1260. The quantitative estimate of drug-likeness (QED) is 0.503. The van der Waals surface area contributed by atoms with Gasteiger partial charge in [0.1, 0.15) is 11.3 Å². The molecule has 5 rings (SSSR count). The van der Waals surface area contributed by atoms with E-state index in [2.05, 4.69) is 17.1 Å². The van der Waals surface area contributed by atoms with Crippen molar-refractivity contribution in [3.63, 3.8) is 0 Å². The number of rotatable bonds is 3. The fraction of sp³-hybridized carbons (Fsp3) is 0. The summed E-state index contributed by atoms with van der Waals surface area (Å²) in [5.41, 5.74) is 11.5. The van der Waals surface area contributed by atoms with Crippen molar-refractivity contribution in [3.8, 4) is 28.3 Å². The maximum Gasteiger partial charge on any atom is 0.165 e. The molecule has 0 saturated carbocycles. The van der Waals surface area contributed by atoms with Gasteiger partial charge in [0, 0.05) is 17.4 Å². The summed E-state index contributed by atoms with van der Waals surface area (Å²) in [6.45, 7) is 0. The van der Waals surface area contributed by atoms with E-state index in [1.54, 1.807) is 6.20 Å². The molecule has 0 saturated heterocycles. The standard InChI is InChI=1S/C23H17N5/c24-21-18(12-7-15-25-21)22-27-20-14-13-19(16-8-3-1-4-9-16)26-23(20)28(22)17-10-5-2-6-11-17/h1-15H,(H2,24,25). The summed E-state index contributed by atoms with van der Waals surface area (Å²) in [6, 6.07) is 28.0. The van der Waals surface area contributed by atoms with Gasteiger partial charge in [0.2, 0.25) is 0 Å². The smallest absolute Gasteiger partial charge is 0.165 e. The van der Waals surface area contributed by atoms with Crippen LogP contribution in [-0.4, -0.2) is 19.5 Å². The lowest BCUT2D eigenvalue weighted by Crippen LogP contribution is -2.02. The molecule has 5 nitrogen and oxygen atoms in total. The fourth-order valence-electron chi connectivity index (χ4n) is 3.34. The zero-order valence-electron chi connectivity index (χ0n) is 15.0. The Labute approximate surface area is 162 Å². The van der Waals surface area contributed by atoms with Crippen molar-refractivity contribution in [2.45, 2.75) is 0 Å². The van der Waals surface area contributed by atoms with E-state index in [0.717, 1.165) is 39.5 Å². The van der Waals surface area contributed by atoms with E-state index >= 15 is 0 Å². The van der Waals surface area contributed by atoms with Crippen molar-refractivity contribution in [2.24, 2.45) is 0 Å². The lowest BCUT2D eigenvalue weighted by molar-refractivity contribution is 1.08. The number of pyridine rings is 2. The van der Waals surface area contributed by atoms with Crippen LogP contribution < -0.4 is 5.73 Å². The summed E-state index contributed by atoms with van der Waals surface area (Å²) in [7, 11) is 0. The van der Waals surface area contributed by atoms with Crippen molar-refractivity contribution < 1.29 is 0 Å². The summed E-state index contributed by atoms with van der Waals surface area (Å²) in [5.74, 6) is 1.17. The first-order valence-electron chi connectivity index (χ1n) is 9.02. The van der Waals surface area contributed by atoms with Gasteiger partial charge in [-0.05, 0) is 36.4 Å². The number of hydrogen-bond acceptors (Lipinski definition) is 4. The number of para-hydroxylation sites is 1. The summed E-state index contributed by atoms with van der Waals surface area (Å²) in [6.07, 6.45) is 1.68. The second-order valence-electron chi connectivity index (χ2n) is 6.45. The summed E-state index contributed by atoms with van der Waals surface area (Å²) >= 11 is 0.